The number of likely N-dealkylation sites (N-methyl/N-ethyl adjacent to an activating group) is 1. The van der Waals surface area contributed by atoms with Crippen LogP contribution < -0.4 is 10.1 Å². The number of aromatic nitrogens is 4. The smallest absolute Gasteiger partial charge is 0.274 e. The molecular weight excluding hydrogens is 538 g/mol. The fourth-order valence-corrected chi connectivity index (χ4v) is 5.74. The quantitative estimate of drug-likeness (QED) is 0.409. The zero-order valence-electron chi connectivity index (χ0n) is 23.4. The Bertz CT molecular complexity index is 1520. The lowest BCUT2D eigenvalue weighted by Gasteiger charge is -2.38. The molecule has 0 saturated heterocycles. The van der Waals surface area contributed by atoms with Crippen molar-refractivity contribution in [1.82, 2.24) is 28.5 Å². The molecule has 3 heterocycles. The van der Waals surface area contributed by atoms with Gasteiger partial charge >= 0.3 is 0 Å². The maximum absolute atomic E-state index is 13.7. The molecule has 0 bridgehead atoms. The van der Waals surface area contributed by atoms with E-state index in [-0.39, 0.29) is 53.5 Å². The van der Waals surface area contributed by atoms with E-state index in [2.05, 4.69) is 15.4 Å². The van der Waals surface area contributed by atoms with Gasteiger partial charge in [-0.3, -0.25) is 14.3 Å². The number of fused-ring (bicyclic) bond motifs is 1. The molecule has 2 amide bonds. The number of sulfonamides is 1. The molecule has 14 heteroatoms. The van der Waals surface area contributed by atoms with Crippen molar-refractivity contribution >= 4 is 27.5 Å². The lowest BCUT2D eigenvalue weighted by atomic mass is 9.99. The number of carbonyl (C=O) groups excluding carboxylic acids is 2. The van der Waals surface area contributed by atoms with Crippen LogP contribution in [-0.4, -0.2) is 92.8 Å². The third kappa shape index (κ3) is 5.74. The van der Waals surface area contributed by atoms with Gasteiger partial charge in [-0.1, -0.05) is 13.0 Å². The molecule has 40 heavy (non-hydrogen) atoms. The summed E-state index contributed by atoms with van der Waals surface area (Å²) in [6.07, 6.45) is 2.10. The molecule has 0 aliphatic carbocycles. The number of rotatable bonds is 8. The summed E-state index contributed by atoms with van der Waals surface area (Å²) >= 11 is 0. The van der Waals surface area contributed by atoms with Gasteiger partial charge in [-0.05, 0) is 32.0 Å². The Morgan fingerprint density at radius 1 is 1.32 bits per heavy atom. The highest BCUT2D eigenvalue weighted by Gasteiger charge is 2.36. The lowest BCUT2D eigenvalue weighted by molar-refractivity contribution is 0.0388. The number of ether oxygens (including phenoxy) is 1. The first-order valence-corrected chi connectivity index (χ1v) is 14.2. The van der Waals surface area contributed by atoms with Gasteiger partial charge < -0.3 is 24.6 Å². The van der Waals surface area contributed by atoms with Gasteiger partial charge in [0.05, 0.1) is 42.5 Å². The highest BCUT2D eigenvalue weighted by atomic mass is 32.2. The van der Waals surface area contributed by atoms with E-state index in [4.69, 9.17) is 4.74 Å². The van der Waals surface area contributed by atoms with Crippen molar-refractivity contribution in [2.75, 3.05) is 32.1 Å². The van der Waals surface area contributed by atoms with Crippen LogP contribution in [0, 0.1) is 12.8 Å². The molecule has 4 rings (SSSR count). The molecule has 216 valence electrons. The molecule has 0 fully saturated rings. The predicted molar refractivity (Wildman–Crippen MR) is 147 cm³/mol. The summed E-state index contributed by atoms with van der Waals surface area (Å²) in [5, 5.41) is 16.8. The number of anilines is 1. The van der Waals surface area contributed by atoms with Gasteiger partial charge in [0.1, 0.15) is 11.8 Å². The van der Waals surface area contributed by atoms with E-state index in [1.807, 2.05) is 6.92 Å². The Labute approximate surface area is 233 Å². The molecule has 3 atom stereocenters. The number of imidazole rings is 1. The first-order chi connectivity index (χ1) is 18.8. The molecule has 0 unspecified atom stereocenters. The zero-order valence-corrected chi connectivity index (χ0v) is 24.2. The number of hydrogen-bond donors (Lipinski definition) is 2. The molecule has 13 nitrogen and oxygen atoms in total. The minimum Gasteiger partial charge on any atom is -0.486 e. The fourth-order valence-electron chi connectivity index (χ4n) is 4.60. The second-order valence-corrected chi connectivity index (χ2v) is 12.2. The zero-order chi connectivity index (χ0) is 29.4. The number of aliphatic hydroxyl groups is 1. The molecule has 0 spiro atoms. The molecule has 0 radical (unpaired) electrons. The van der Waals surface area contributed by atoms with E-state index in [9.17, 15) is 23.1 Å². The van der Waals surface area contributed by atoms with Crippen molar-refractivity contribution in [2.24, 2.45) is 20.0 Å². The Hall–Kier alpha value is -3.75. The predicted octanol–water partition coefficient (Wildman–Crippen LogP) is 1.26. The van der Waals surface area contributed by atoms with Crippen molar-refractivity contribution < 1.29 is 27.9 Å². The molecule has 0 saturated carbocycles. The van der Waals surface area contributed by atoms with E-state index in [1.54, 1.807) is 61.7 Å². The summed E-state index contributed by atoms with van der Waals surface area (Å²) < 4.78 is 37.0. The SMILES string of the molecule is Cc1cc(C(=O)Nc2cccc3c2O[C@@H](CN(C)S(=O)(=O)c2cn(C)cn2)[C@H](C)CN([C@@H](C)CO)C3=O)n(C)n1. The average Bonchev–Trinajstić information content (AvgIpc) is 3.50. The number of para-hydroxylation sites is 1. The van der Waals surface area contributed by atoms with Gasteiger partial charge in [0.2, 0.25) is 0 Å². The number of carbonyl (C=O) groups is 2. The number of benzene rings is 1. The number of nitrogens with zero attached hydrogens (tertiary/aromatic N) is 6. The summed E-state index contributed by atoms with van der Waals surface area (Å²) in [5.41, 5.74) is 1.42. The van der Waals surface area contributed by atoms with Gasteiger partial charge in [0.15, 0.2) is 10.8 Å². The molecular formula is C26H35N7O6S. The summed E-state index contributed by atoms with van der Waals surface area (Å²) in [5.74, 6) is -1.05. The molecule has 1 aromatic carbocycles. The van der Waals surface area contributed by atoms with Crippen molar-refractivity contribution in [3.8, 4) is 5.75 Å². The van der Waals surface area contributed by atoms with Gasteiger partial charge in [-0.2, -0.15) is 9.40 Å². The fraction of sp³-hybridized carbons (Fsp3) is 0.462. The molecule has 2 aromatic heterocycles. The van der Waals surface area contributed by atoms with Crippen LogP contribution in [0.1, 0.15) is 40.4 Å². The summed E-state index contributed by atoms with van der Waals surface area (Å²) in [4.78, 5) is 32.3. The van der Waals surface area contributed by atoms with E-state index >= 15 is 0 Å². The Morgan fingerprint density at radius 2 is 2.05 bits per heavy atom. The van der Waals surface area contributed by atoms with E-state index in [1.165, 1.54) is 28.6 Å². The molecule has 1 aliphatic heterocycles. The van der Waals surface area contributed by atoms with Crippen LogP contribution in [0.15, 0.2) is 41.8 Å². The third-order valence-corrected chi connectivity index (χ3v) is 8.68. The van der Waals surface area contributed by atoms with Crippen LogP contribution in [-0.2, 0) is 24.1 Å². The van der Waals surface area contributed by atoms with Crippen molar-refractivity contribution in [1.29, 1.82) is 0 Å². The van der Waals surface area contributed by atoms with E-state index in [0.29, 0.717) is 11.4 Å². The summed E-state index contributed by atoms with van der Waals surface area (Å²) in [6.45, 7) is 5.25. The average molecular weight is 574 g/mol. The van der Waals surface area contributed by atoms with Crippen LogP contribution in [0.25, 0.3) is 0 Å². The lowest BCUT2D eigenvalue weighted by Crippen LogP contribution is -2.50. The van der Waals surface area contributed by atoms with Gasteiger partial charge in [0, 0.05) is 39.8 Å². The molecule has 1 aliphatic rings. The van der Waals surface area contributed by atoms with Crippen LogP contribution in [0.3, 0.4) is 0 Å². The second-order valence-electron chi connectivity index (χ2n) is 10.2. The standard InChI is InChI=1S/C26H35N7O6S/c1-16-11-33(18(3)14-34)26(36)19-8-7-9-20(28-25(35)21-10-17(2)29-32(21)6)24(19)39-22(16)12-31(5)40(37,38)23-13-30(4)15-27-23/h7-10,13,15-16,18,22,34H,11-12,14H2,1-6H3,(H,28,35)/t16-,18+,22+/m1/s1. The third-order valence-electron chi connectivity index (χ3n) is 6.97. The van der Waals surface area contributed by atoms with Crippen molar-refractivity contribution in [3.05, 3.63) is 53.7 Å². The largest absolute Gasteiger partial charge is 0.486 e. The minimum absolute atomic E-state index is 0.0573. The van der Waals surface area contributed by atoms with Crippen LogP contribution in [0.2, 0.25) is 0 Å². The van der Waals surface area contributed by atoms with Crippen molar-refractivity contribution in [3.63, 3.8) is 0 Å². The Balaban J connectivity index is 1.74. The Kier molecular flexibility index (Phi) is 8.33. The maximum atomic E-state index is 13.7. The van der Waals surface area contributed by atoms with E-state index < -0.39 is 28.1 Å². The number of aliphatic hydroxyl groups excluding tert-OH is 1. The van der Waals surface area contributed by atoms with Gasteiger partial charge in [-0.15, -0.1) is 0 Å². The normalized spacial score (nSPS) is 18.6. The first kappa shape index (κ1) is 29.2. The minimum atomic E-state index is -3.93. The van der Waals surface area contributed by atoms with E-state index in [0.717, 1.165) is 0 Å². The van der Waals surface area contributed by atoms with Gasteiger partial charge in [0.25, 0.3) is 21.8 Å². The molecule has 3 aromatic rings. The van der Waals surface area contributed by atoms with Crippen molar-refractivity contribution in [2.45, 2.75) is 37.9 Å². The summed E-state index contributed by atoms with van der Waals surface area (Å²) in [7, 11) is 0.845. The highest BCUT2D eigenvalue weighted by molar-refractivity contribution is 7.89. The molecule has 2 N–H and O–H groups in total. The number of aryl methyl sites for hydroxylation is 3. The number of amides is 2. The van der Waals surface area contributed by atoms with Crippen LogP contribution in [0.4, 0.5) is 5.69 Å². The van der Waals surface area contributed by atoms with Crippen LogP contribution >= 0.6 is 0 Å². The topological polar surface area (TPSA) is 152 Å². The van der Waals surface area contributed by atoms with Crippen LogP contribution in [0.5, 0.6) is 5.75 Å². The first-order valence-electron chi connectivity index (χ1n) is 12.8. The van der Waals surface area contributed by atoms with Gasteiger partial charge in [-0.25, -0.2) is 13.4 Å². The summed E-state index contributed by atoms with van der Waals surface area (Å²) in [6, 6.07) is 5.96. The maximum Gasteiger partial charge on any atom is 0.274 e. The number of hydrogen-bond acceptors (Lipinski definition) is 8. The Morgan fingerprint density at radius 3 is 2.65 bits per heavy atom. The highest BCUT2D eigenvalue weighted by Crippen LogP contribution is 2.35. The monoisotopic (exact) mass is 573 g/mol. The number of nitrogens with one attached hydrogen (secondary N) is 1. The second kappa shape index (κ2) is 11.4.